The fourth-order valence-electron chi connectivity index (χ4n) is 6.79. The minimum absolute atomic E-state index is 0.393. The van der Waals surface area contributed by atoms with Crippen molar-refractivity contribution in [1.29, 1.82) is 0 Å². The van der Waals surface area contributed by atoms with Crippen molar-refractivity contribution in [3.05, 3.63) is 200 Å². The van der Waals surface area contributed by atoms with Crippen molar-refractivity contribution in [1.82, 2.24) is 0 Å². The highest BCUT2D eigenvalue weighted by Gasteiger charge is 2.28. The zero-order valence-corrected chi connectivity index (χ0v) is 30.7. The van der Waals surface area contributed by atoms with E-state index >= 15 is 0 Å². The number of hydrogen-bond donors (Lipinski definition) is 0. The maximum Gasteiger partial charge on any atom is 0.123 e. The number of nitrogens with zero attached hydrogens (tertiary/aromatic N) is 2. The Labute approximate surface area is 313 Å². The predicted molar refractivity (Wildman–Crippen MR) is 210 cm³/mol. The van der Waals surface area contributed by atoms with Crippen LogP contribution >= 0.6 is 11.6 Å². The molecule has 0 aliphatic rings. The molecule has 0 saturated heterocycles. The van der Waals surface area contributed by atoms with Crippen LogP contribution in [0.25, 0.3) is 0 Å². The van der Waals surface area contributed by atoms with Gasteiger partial charge in [0.2, 0.25) is 0 Å². The molecule has 6 rings (SSSR count). The number of benzene rings is 6. The van der Waals surface area contributed by atoms with Crippen molar-refractivity contribution < 1.29 is 17.6 Å². The molecule has 0 aromatic heterocycles. The SMILES string of the molecule is CCc1cccc(CC)c1N=C(C)C(C)=Nc1c(C(c2ccc(F)cc2)c2ccc(F)cc2)cc(Cl)cc1C(c1ccc(F)cc1)c1ccc(F)cc1. The van der Waals surface area contributed by atoms with Crippen LogP contribution in [-0.2, 0) is 12.8 Å². The summed E-state index contributed by atoms with van der Waals surface area (Å²) in [5, 5.41) is 0.393. The highest BCUT2D eigenvalue weighted by molar-refractivity contribution is 6.41. The van der Waals surface area contributed by atoms with Gasteiger partial charge in [-0.2, -0.15) is 0 Å². The van der Waals surface area contributed by atoms with E-state index in [0.717, 1.165) is 51.9 Å². The lowest BCUT2D eigenvalue weighted by Gasteiger charge is -2.27. The third kappa shape index (κ3) is 8.50. The second-order valence-electron chi connectivity index (χ2n) is 13.0. The molecule has 0 radical (unpaired) electrons. The fourth-order valence-corrected chi connectivity index (χ4v) is 7.03. The minimum Gasteiger partial charge on any atom is -0.251 e. The normalized spacial score (nSPS) is 12.2. The summed E-state index contributed by atoms with van der Waals surface area (Å²) in [6, 6.07) is 34.5. The van der Waals surface area contributed by atoms with Gasteiger partial charge in [-0.25, -0.2) is 17.6 Å². The first-order valence-corrected chi connectivity index (χ1v) is 18.0. The molecule has 0 unspecified atom stereocenters. The molecule has 0 N–H and O–H groups in total. The quantitative estimate of drug-likeness (QED) is 0.0720. The first-order valence-electron chi connectivity index (χ1n) is 17.6. The highest BCUT2D eigenvalue weighted by atomic mass is 35.5. The van der Waals surface area contributed by atoms with Crippen LogP contribution < -0.4 is 0 Å². The number of aryl methyl sites for hydroxylation is 2. The summed E-state index contributed by atoms with van der Waals surface area (Å²) >= 11 is 7.02. The van der Waals surface area contributed by atoms with E-state index in [1.54, 1.807) is 48.5 Å². The Morgan fingerprint density at radius 2 is 0.792 bits per heavy atom. The summed E-state index contributed by atoms with van der Waals surface area (Å²) in [4.78, 5) is 10.5. The molecule has 0 spiro atoms. The van der Waals surface area contributed by atoms with Crippen LogP contribution in [0.4, 0.5) is 28.9 Å². The van der Waals surface area contributed by atoms with Gasteiger partial charge in [0.05, 0.1) is 22.8 Å². The Morgan fingerprint density at radius 1 is 0.491 bits per heavy atom. The second-order valence-corrected chi connectivity index (χ2v) is 13.5. The Bertz CT molecular complexity index is 2030. The predicted octanol–water partition coefficient (Wildman–Crippen LogP) is 13.3. The van der Waals surface area contributed by atoms with Crippen LogP contribution in [-0.4, -0.2) is 11.4 Å². The third-order valence-corrected chi connectivity index (χ3v) is 9.83. The Hall–Kier alpha value is -5.33. The molecule has 0 bridgehead atoms. The van der Waals surface area contributed by atoms with Gasteiger partial charge in [-0.3, -0.25) is 9.98 Å². The van der Waals surface area contributed by atoms with E-state index in [0.29, 0.717) is 33.3 Å². The van der Waals surface area contributed by atoms with Crippen LogP contribution in [0, 0.1) is 23.3 Å². The van der Waals surface area contributed by atoms with Crippen molar-refractivity contribution in [2.45, 2.75) is 52.4 Å². The molecular formula is C46H39ClF4N2. The Kier molecular flexibility index (Phi) is 11.7. The summed E-state index contributed by atoms with van der Waals surface area (Å²) in [5.41, 5.74) is 9.35. The number of para-hydroxylation sites is 1. The molecule has 268 valence electrons. The Morgan fingerprint density at radius 3 is 1.09 bits per heavy atom. The van der Waals surface area contributed by atoms with Crippen molar-refractivity contribution in [2.24, 2.45) is 9.98 Å². The summed E-state index contributed by atoms with van der Waals surface area (Å²) < 4.78 is 57.4. The third-order valence-electron chi connectivity index (χ3n) is 9.62. The average molecular weight is 731 g/mol. The number of hydrogen-bond acceptors (Lipinski definition) is 2. The van der Waals surface area contributed by atoms with Gasteiger partial charge in [-0.15, -0.1) is 0 Å². The minimum atomic E-state index is -0.563. The van der Waals surface area contributed by atoms with E-state index in [9.17, 15) is 17.6 Å². The maximum atomic E-state index is 14.3. The van der Waals surface area contributed by atoms with Gasteiger partial charge in [0.15, 0.2) is 0 Å². The zero-order chi connectivity index (χ0) is 37.6. The monoisotopic (exact) mass is 730 g/mol. The number of aliphatic imine (C=N–C) groups is 2. The van der Waals surface area contributed by atoms with Crippen LogP contribution in [0.1, 0.15) is 84.0 Å². The Balaban J connectivity index is 1.69. The van der Waals surface area contributed by atoms with Gasteiger partial charge in [-0.05, 0) is 132 Å². The van der Waals surface area contributed by atoms with E-state index in [2.05, 4.69) is 32.0 Å². The molecule has 0 atom stereocenters. The van der Waals surface area contributed by atoms with E-state index in [1.807, 2.05) is 26.0 Å². The first kappa shape index (κ1) is 37.4. The lowest BCUT2D eigenvalue weighted by Crippen LogP contribution is -2.11. The van der Waals surface area contributed by atoms with Crippen LogP contribution in [0.2, 0.25) is 5.02 Å². The van der Waals surface area contributed by atoms with Crippen LogP contribution in [0.3, 0.4) is 0 Å². The van der Waals surface area contributed by atoms with E-state index in [4.69, 9.17) is 21.6 Å². The molecule has 6 aromatic carbocycles. The van der Waals surface area contributed by atoms with Crippen molar-refractivity contribution >= 4 is 34.4 Å². The molecule has 0 aliphatic carbocycles. The largest absolute Gasteiger partial charge is 0.251 e. The fraction of sp³-hybridized carbons (Fsp3) is 0.174. The standard InChI is InChI=1S/C46H39ClF4N2/c1-5-30-8-7-9-31(6-2)45(30)52-28(3)29(4)53-46-41(43(32-10-18-37(48)19-11-32)33-12-20-38(49)21-13-33)26-36(47)27-42(46)44(34-14-22-39(50)23-15-34)35-16-24-40(51)25-17-35/h7-27,43-44H,5-6H2,1-4H3. The van der Waals surface area contributed by atoms with Gasteiger partial charge in [0.25, 0.3) is 0 Å². The molecular weight excluding hydrogens is 692 g/mol. The average Bonchev–Trinajstić information content (AvgIpc) is 3.16. The molecule has 6 aromatic rings. The lowest BCUT2D eigenvalue weighted by molar-refractivity contribution is 0.625. The molecule has 2 nitrogen and oxygen atoms in total. The summed E-state index contributed by atoms with van der Waals surface area (Å²) in [7, 11) is 0. The lowest BCUT2D eigenvalue weighted by atomic mass is 9.79. The summed E-state index contributed by atoms with van der Waals surface area (Å²) in [6.45, 7) is 8.03. The summed E-state index contributed by atoms with van der Waals surface area (Å²) in [6.07, 6.45) is 1.63. The van der Waals surface area contributed by atoms with E-state index in [-0.39, 0.29) is 0 Å². The maximum absolute atomic E-state index is 14.3. The first-order chi connectivity index (χ1) is 25.6. The molecule has 0 saturated carbocycles. The van der Waals surface area contributed by atoms with Crippen molar-refractivity contribution in [2.75, 3.05) is 0 Å². The topological polar surface area (TPSA) is 24.7 Å². The van der Waals surface area contributed by atoms with Gasteiger partial charge in [0, 0.05) is 16.9 Å². The molecule has 7 heteroatoms. The number of halogens is 5. The van der Waals surface area contributed by atoms with Crippen molar-refractivity contribution in [3.8, 4) is 0 Å². The highest BCUT2D eigenvalue weighted by Crippen LogP contribution is 2.46. The van der Waals surface area contributed by atoms with Gasteiger partial charge < -0.3 is 0 Å². The van der Waals surface area contributed by atoms with E-state index in [1.165, 1.54) is 48.5 Å². The molecule has 53 heavy (non-hydrogen) atoms. The van der Waals surface area contributed by atoms with Gasteiger partial charge in [0.1, 0.15) is 23.3 Å². The second kappa shape index (κ2) is 16.6. The molecule has 0 amide bonds. The molecule has 0 aliphatic heterocycles. The van der Waals surface area contributed by atoms with Crippen molar-refractivity contribution in [3.63, 3.8) is 0 Å². The van der Waals surface area contributed by atoms with Gasteiger partial charge in [-0.1, -0.05) is 92.2 Å². The van der Waals surface area contributed by atoms with E-state index < -0.39 is 35.1 Å². The smallest absolute Gasteiger partial charge is 0.123 e. The zero-order valence-electron chi connectivity index (χ0n) is 30.0. The molecule has 0 fully saturated rings. The number of rotatable bonds is 11. The van der Waals surface area contributed by atoms with Crippen LogP contribution in [0.15, 0.2) is 137 Å². The molecule has 0 heterocycles. The summed E-state index contributed by atoms with van der Waals surface area (Å²) in [5.74, 6) is -2.72. The van der Waals surface area contributed by atoms with Gasteiger partial charge >= 0.3 is 0 Å². The van der Waals surface area contributed by atoms with Crippen LogP contribution in [0.5, 0.6) is 0 Å².